The highest BCUT2D eigenvalue weighted by Gasteiger charge is 2.19. The van der Waals surface area contributed by atoms with E-state index in [1.807, 2.05) is 0 Å². The van der Waals surface area contributed by atoms with Crippen LogP contribution in [0.2, 0.25) is 0 Å². The van der Waals surface area contributed by atoms with Gasteiger partial charge in [-0.1, -0.05) is 338 Å². The predicted octanol–water partition coefficient (Wildman–Crippen LogP) is 24.8. The van der Waals surface area contributed by atoms with Crippen LogP contribution in [-0.4, -0.2) is 37.2 Å². The van der Waals surface area contributed by atoms with Crippen molar-refractivity contribution in [1.82, 2.24) is 0 Å². The molecule has 0 aromatic carbocycles. The van der Waals surface area contributed by atoms with E-state index in [0.29, 0.717) is 19.3 Å². The van der Waals surface area contributed by atoms with Gasteiger partial charge in [-0.05, 0) is 89.9 Å². The normalized spacial score (nSPS) is 12.5. The molecule has 0 heterocycles. The molecule has 0 aliphatic heterocycles. The molecule has 0 saturated heterocycles. The molecule has 0 N–H and O–H groups in total. The first-order valence-corrected chi connectivity index (χ1v) is 35.9. The summed E-state index contributed by atoms with van der Waals surface area (Å²) in [6.07, 6.45) is 92.3. The van der Waals surface area contributed by atoms with E-state index in [2.05, 4.69) is 93.7 Å². The standard InChI is InChI=1S/C76H136O6/c1-4-7-10-13-16-19-22-25-27-29-31-32-33-34-35-36-37-38-39-40-41-42-43-44-46-47-49-51-54-57-60-63-66-69-75(78)81-72-73(71-80-74(77)68-65-62-59-56-53-24-21-18-15-12-9-6-3)82-76(79)70-67-64-61-58-55-52-50-48-45-30-28-26-23-20-17-14-11-8-5-2/h7,10,16-17,19-20,25-28,31-32,73H,4-6,8-9,11-15,18,21-24,29-30,33-72H2,1-3H3/b10-7-,19-16-,20-17-,27-25-,28-26-,32-31-. The van der Waals surface area contributed by atoms with Crippen LogP contribution in [-0.2, 0) is 28.6 Å². The molecule has 0 saturated carbocycles. The predicted molar refractivity (Wildman–Crippen MR) is 358 cm³/mol. The third-order valence-corrected chi connectivity index (χ3v) is 15.9. The van der Waals surface area contributed by atoms with Gasteiger partial charge < -0.3 is 14.2 Å². The Labute approximate surface area is 510 Å². The average molecular weight is 1150 g/mol. The van der Waals surface area contributed by atoms with Crippen LogP contribution in [0, 0.1) is 0 Å². The molecule has 0 aromatic rings. The highest BCUT2D eigenvalue weighted by molar-refractivity contribution is 5.71. The molecule has 476 valence electrons. The van der Waals surface area contributed by atoms with E-state index in [1.54, 1.807) is 0 Å². The van der Waals surface area contributed by atoms with Crippen LogP contribution in [0.5, 0.6) is 0 Å². The van der Waals surface area contributed by atoms with Gasteiger partial charge in [0.1, 0.15) is 13.2 Å². The van der Waals surface area contributed by atoms with Crippen molar-refractivity contribution in [3.8, 4) is 0 Å². The van der Waals surface area contributed by atoms with Crippen molar-refractivity contribution in [2.75, 3.05) is 13.2 Å². The molecule has 1 atom stereocenters. The van der Waals surface area contributed by atoms with Crippen molar-refractivity contribution in [3.05, 3.63) is 72.9 Å². The number of rotatable bonds is 66. The third-order valence-electron chi connectivity index (χ3n) is 15.9. The summed E-state index contributed by atoms with van der Waals surface area (Å²) in [6, 6.07) is 0. The number of allylic oxidation sites excluding steroid dienone is 12. The summed E-state index contributed by atoms with van der Waals surface area (Å²) in [7, 11) is 0. The maximum Gasteiger partial charge on any atom is 0.306 e. The van der Waals surface area contributed by atoms with Crippen LogP contribution in [0.15, 0.2) is 72.9 Å². The van der Waals surface area contributed by atoms with E-state index in [4.69, 9.17) is 14.2 Å². The lowest BCUT2D eigenvalue weighted by Gasteiger charge is -2.18. The lowest BCUT2D eigenvalue weighted by Crippen LogP contribution is -2.30. The summed E-state index contributed by atoms with van der Waals surface area (Å²) in [5.41, 5.74) is 0. The van der Waals surface area contributed by atoms with Gasteiger partial charge in [0.25, 0.3) is 0 Å². The second-order valence-electron chi connectivity index (χ2n) is 24.1. The Morgan fingerprint density at radius 2 is 0.476 bits per heavy atom. The van der Waals surface area contributed by atoms with Gasteiger partial charge in [0.05, 0.1) is 0 Å². The zero-order chi connectivity index (χ0) is 59.2. The van der Waals surface area contributed by atoms with Crippen LogP contribution < -0.4 is 0 Å². The highest BCUT2D eigenvalue weighted by Crippen LogP contribution is 2.18. The third kappa shape index (κ3) is 67.6. The molecule has 0 rings (SSSR count). The van der Waals surface area contributed by atoms with Gasteiger partial charge in [0, 0.05) is 19.3 Å². The van der Waals surface area contributed by atoms with Crippen molar-refractivity contribution in [2.24, 2.45) is 0 Å². The van der Waals surface area contributed by atoms with E-state index in [9.17, 15) is 14.4 Å². The summed E-state index contributed by atoms with van der Waals surface area (Å²) in [5, 5.41) is 0. The van der Waals surface area contributed by atoms with Crippen molar-refractivity contribution in [1.29, 1.82) is 0 Å². The number of ether oxygens (including phenoxy) is 3. The van der Waals surface area contributed by atoms with Gasteiger partial charge in [-0.2, -0.15) is 0 Å². The summed E-state index contributed by atoms with van der Waals surface area (Å²) >= 11 is 0. The number of unbranched alkanes of at least 4 members (excludes halogenated alkanes) is 43. The zero-order valence-electron chi connectivity index (χ0n) is 54.8. The van der Waals surface area contributed by atoms with E-state index >= 15 is 0 Å². The van der Waals surface area contributed by atoms with Gasteiger partial charge in [0.2, 0.25) is 0 Å². The molecule has 0 aromatic heterocycles. The minimum absolute atomic E-state index is 0.0706. The Hall–Kier alpha value is -3.15. The smallest absolute Gasteiger partial charge is 0.306 e. The van der Waals surface area contributed by atoms with E-state index in [0.717, 1.165) is 89.9 Å². The molecule has 0 aliphatic rings. The Bertz CT molecular complexity index is 1500. The first kappa shape index (κ1) is 78.8. The summed E-state index contributed by atoms with van der Waals surface area (Å²) in [6.45, 7) is 6.55. The largest absolute Gasteiger partial charge is 0.462 e. The molecule has 0 spiro atoms. The van der Waals surface area contributed by atoms with Gasteiger partial charge in [0.15, 0.2) is 6.10 Å². The second-order valence-corrected chi connectivity index (χ2v) is 24.1. The highest BCUT2D eigenvalue weighted by atomic mass is 16.6. The topological polar surface area (TPSA) is 78.9 Å². The molecule has 6 nitrogen and oxygen atoms in total. The summed E-state index contributed by atoms with van der Waals surface area (Å²) in [5.74, 6) is -0.851. The molecule has 1 unspecified atom stereocenters. The van der Waals surface area contributed by atoms with Gasteiger partial charge in [-0.15, -0.1) is 0 Å². The van der Waals surface area contributed by atoms with Crippen molar-refractivity contribution in [2.45, 2.75) is 380 Å². The lowest BCUT2D eigenvalue weighted by molar-refractivity contribution is -0.167. The summed E-state index contributed by atoms with van der Waals surface area (Å²) < 4.78 is 17.0. The fourth-order valence-electron chi connectivity index (χ4n) is 10.6. The minimum atomic E-state index is -0.774. The molecule has 6 heteroatoms. The van der Waals surface area contributed by atoms with Gasteiger partial charge in [-0.3, -0.25) is 14.4 Å². The zero-order valence-corrected chi connectivity index (χ0v) is 54.8. The lowest BCUT2D eigenvalue weighted by atomic mass is 10.0. The van der Waals surface area contributed by atoms with Gasteiger partial charge >= 0.3 is 17.9 Å². The molecular formula is C76H136O6. The van der Waals surface area contributed by atoms with Crippen LogP contribution in [0.4, 0.5) is 0 Å². The van der Waals surface area contributed by atoms with Crippen LogP contribution in [0.1, 0.15) is 374 Å². The SMILES string of the molecule is CC/C=C\C/C=C\C/C=C\C/C=C\CCCCCCCCCCCCCCCCCCCCCCC(=O)OCC(COC(=O)CCCCCCCCCCCCCC)OC(=O)CCCCCCCCCCC/C=C\C/C=C\CCCCC. The first-order chi connectivity index (χ1) is 40.5. The van der Waals surface area contributed by atoms with Crippen molar-refractivity contribution < 1.29 is 28.6 Å². The number of hydrogen-bond donors (Lipinski definition) is 0. The van der Waals surface area contributed by atoms with Crippen LogP contribution >= 0.6 is 0 Å². The fourth-order valence-corrected chi connectivity index (χ4v) is 10.6. The maximum absolute atomic E-state index is 12.9. The van der Waals surface area contributed by atoms with E-state index in [-0.39, 0.29) is 31.1 Å². The molecule has 0 fully saturated rings. The van der Waals surface area contributed by atoms with Crippen molar-refractivity contribution >= 4 is 17.9 Å². The number of carbonyl (C=O) groups excluding carboxylic acids is 3. The fraction of sp³-hybridized carbons (Fsp3) is 0.803. The van der Waals surface area contributed by atoms with E-state index in [1.165, 1.54) is 244 Å². The minimum Gasteiger partial charge on any atom is -0.462 e. The van der Waals surface area contributed by atoms with Crippen LogP contribution in [0.3, 0.4) is 0 Å². The average Bonchev–Trinajstić information content (AvgIpc) is 3.47. The molecule has 0 amide bonds. The molecule has 0 radical (unpaired) electrons. The Balaban J connectivity index is 4.13. The monoisotopic (exact) mass is 1150 g/mol. The van der Waals surface area contributed by atoms with E-state index < -0.39 is 6.10 Å². The number of hydrogen-bond acceptors (Lipinski definition) is 6. The van der Waals surface area contributed by atoms with Crippen LogP contribution in [0.25, 0.3) is 0 Å². The van der Waals surface area contributed by atoms with Gasteiger partial charge in [-0.25, -0.2) is 0 Å². The van der Waals surface area contributed by atoms with Crippen molar-refractivity contribution in [3.63, 3.8) is 0 Å². The molecular weight excluding hydrogens is 1010 g/mol. The first-order valence-electron chi connectivity index (χ1n) is 35.9. The second kappa shape index (κ2) is 70.3. The Morgan fingerprint density at radius 1 is 0.256 bits per heavy atom. The number of carbonyl (C=O) groups is 3. The summed E-state index contributed by atoms with van der Waals surface area (Å²) in [4.78, 5) is 38.4. The number of esters is 3. The Morgan fingerprint density at radius 3 is 0.768 bits per heavy atom. The maximum atomic E-state index is 12.9. The molecule has 0 bridgehead atoms. The quantitative estimate of drug-likeness (QED) is 0.0261. The molecule has 0 aliphatic carbocycles. The molecule has 82 heavy (non-hydrogen) atoms. The Kier molecular flexibility index (Phi) is 67.6.